The summed E-state index contributed by atoms with van der Waals surface area (Å²) in [7, 11) is 1.89. The van der Waals surface area contributed by atoms with Crippen molar-refractivity contribution < 1.29 is 9.21 Å². The van der Waals surface area contributed by atoms with E-state index in [1.54, 1.807) is 13.0 Å². The number of thioether (sulfide) groups is 1. The highest BCUT2D eigenvalue weighted by molar-refractivity contribution is 8.00. The summed E-state index contributed by atoms with van der Waals surface area (Å²) in [4.78, 5) is 12.3. The van der Waals surface area contributed by atoms with Gasteiger partial charge in [-0.25, -0.2) is 5.43 Å². The number of benzene rings is 1. The van der Waals surface area contributed by atoms with Crippen molar-refractivity contribution in [1.82, 2.24) is 20.2 Å². The number of hydrogen-bond donors (Lipinski definition) is 2. The molecule has 0 saturated heterocycles. The minimum atomic E-state index is -0.384. The first kappa shape index (κ1) is 20.7. The van der Waals surface area contributed by atoms with E-state index in [4.69, 9.17) is 4.42 Å². The van der Waals surface area contributed by atoms with Crippen molar-refractivity contribution in [3.8, 4) is 0 Å². The molecule has 0 aliphatic heterocycles. The van der Waals surface area contributed by atoms with Gasteiger partial charge in [0, 0.05) is 12.7 Å². The maximum Gasteiger partial charge on any atom is 0.253 e. The molecule has 0 aliphatic carbocycles. The summed E-state index contributed by atoms with van der Waals surface area (Å²) in [5.74, 6) is 1.94. The van der Waals surface area contributed by atoms with E-state index in [9.17, 15) is 4.79 Å². The van der Waals surface area contributed by atoms with Gasteiger partial charge in [0.15, 0.2) is 11.0 Å². The summed E-state index contributed by atoms with van der Waals surface area (Å²) in [5, 5.41) is 16.0. The van der Waals surface area contributed by atoms with Crippen LogP contribution in [0.25, 0.3) is 0 Å². The highest BCUT2D eigenvalue weighted by Gasteiger charge is 2.18. The van der Waals surface area contributed by atoms with E-state index in [0.29, 0.717) is 17.5 Å². The van der Waals surface area contributed by atoms with Crippen LogP contribution < -0.4 is 10.7 Å². The zero-order chi connectivity index (χ0) is 20.8. The minimum Gasteiger partial charge on any atom is -0.460 e. The van der Waals surface area contributed by atoms with E-state index in [-0.39, 0.29) is 11.2 Å². The fraction of sp³-hybridized carbons (Fsp3) is 0.300. The van der Waals surface area contributed by atoms with E-state index < -0.39 is 0 Å². The molecule has 0 bridgehead atoms. The molecule has 1 unspecified atom stereocenters. The third-order valence-corrected chi connectivity index (χ3v) is 5.42. The molecule has 0 saturated carbocycles. The molecular formula is C20H24N6O2S. The van der Waals surface area contributed by atoms with Crippen molar-refractivity contribution >= 4 is 29.6 Å². The maximum absolute atomic E-state index is 12.3. The van der Waals surface area contributed by atoms with Crippen LogP contribution in [0.1, 0.15) is 29.8 Å². The molecule has 2 aromatic heterocycles. The minimum absolute atomic E-state index is 0.225. The van der Waals surface area contributed by atoms with E-state index >= 15 is 0 Å². The SMILES string of the molecule is Cc1ccc(/C=N/NC(=O)C(C)Sc2nnc(CNc3ccccc3C)n2C)o1. The lowest BCUT2D eigenvalue weighted by Crippen LogP contribution is -2.27. The topological polar surface area (TPSA) is 97.3 Å². The summed E-state index contributed by atoms with van der Waals surface area (Å²) in [6.07, 6.45) is 1.47. The van der Waals surface area contributed by atoms with Crippen LogP contribution in [-0.2, 0) is 18.4 Å². The van der Waals surface area contributed by atoms with Gasteiger partial charge in [-0.1, -0.05) is 30.0 Å². The molecule has 1 atom stereocenters. The zero-order valence-corrected chi connectivity index (χ0v) is 17.7. The number of furan rings is 1. The number of aromatic nitrogens is 3. The fourth-order valence-electron chi connectivity index (χ4n) is 2.53. The molecule has 1 amide bonds. The Labute approximate surface area is 173 Å². The molecule has 0 aliphatic rings. The molecule has 0 spiro atoms. The summed E-state index contributed by atoms with van der Waals surface area (Å²) < 4.78 is 7.25. The van der Waals surface area contributed by atoms with E-state index in [0.717, 1.165) is 17.3 Å². The first-order valence-corrected chi connectivity index (χ1v) is 10.1. The second-order valence-corrected chi connectivity index (χ2v) is 7.88. The largest absolute Gasteiger partial charge is 0.460 e. The molecule has 3 aromatic rings. The van der Waals surface area contributed by atoms with E-state index in [2.05, 4.69) is 39.0 Å². The molecule has 3 rings (SSSR count). The van der Waals surface area contributed by atoms with Gasteiger partial charge in [-0.15, -0.1) is 10.2 Å². The van der Waals surface area contributed by atoms with Crippen LogP contribution >= 0.6 is 11.8 Å². The lowest BCUT2D eigenvalue weighted by atomic mass is 10.2. The number of para-hydroxylation sites is 1. The van der Waals surface area contributed by atoms with Gasteiger partial charge in [-0.05, 0) is 44.5 Å². The monoisotopic (exact) mass is 412 g/mol. The Bertz CT molecular complexity index is 1010. The Kier molecular flexibility index (Phi) is 6.71. The van der Waals surface area contributed by atoms with Gasteiger partial charge in [-0.2, -0.15) is 5.10 Å². The van der Waals surface area contributed by atoms with E-state index in [1.807, 2.05) is 42.8 Å². The maximum atomic E-state index is 12.3. The molecule has 2 N–H and O–H groups in total. The van der Waals surface area contributed by atoms with Crippen LogP contribution in [0.2, 0.25) is 0 Å². The predicted octanol–water partition coefficient (Wildman–Crippen LogP) is 3.27. The number of hydrogen-bond acceptors (Lipinski definition) is 7. The second kappa shape index (κ2) is 9.42. The van der Waals surface area contributed by atoms with Gasteiger partial charge in [0.05, 0.1) is 18.0 Å². The first-order chi connectivity index (χ1) is 13.9. The first-order valence-electron chi connectivity index (χ1n) is 9.18. The van der Waals surface area contributed by atoms with Crippen molar-refractivity contribution in [3.05, 3.63) is 59.3 Å². The number of carbonyl (C=O) groups is 1. The third kappa shape index (κ3) is 5.47. The van der Waals surface area contributed by atoms with Crippen molar-refractivity contribution in [1.29, 1.82) is 0 Å². The van der Waals surface area contributed by atoms with Crippen LogP contribution in [0.4, 0.5) is 5.69 Å². The Hall–Kier alpha value is -3.07. The molecule has 1 aromatic carbocycles. The summed E-state index contributed by atoms with van der Waals surface area (Å²) >= 11 is 1.33. The third-order valence-electron chi connectivity index (χ3n) is 4.29. The highest BCUT2D eigenvalue weighted by Crippen LogP contribution is 2.22. The second-order valence-electron chi connectivity index (χ2n) is 6.57. The van der Waals surface area contributed by atoms with Gasteiger partial charge >= 0.3 is 0 Å². The molecule has 152 valence electrons. The number of hydrazone groups is 1. The summed E-state index contributed by atoms with van der Waals surface area (Å²) in [6.45, 7) is 6.24. The number of aryl methyl sites for hydroxylation is 2. The number of carbonyl (C=O) groups excluding carboxylic acids is 1. The van der Waals surface area contributed by atoms with Crippen molar-refractivity contribution in [2.45, 2.75) is 37.7 Å². The summed E-state index contributed by atoms with van der Waals surface area (Å²) in [5.41, 5.74) is 4.74. The lowest BCUT2D eigenvalue weighted by Gasteiger charge is -2.10. The molecule has 0 radical (unpaired) electrons. The van der Waals surface area contributed by atoms with Crippen LogP contribution in [-0.4, -0.2) is 32.1 Å². The Balaban J connectivity index is 1.53. The number of anilines is 1. The fourth-order valence-corrected chi connectivity index (χ4v) is 3.36. The van der Waals surface area contributed by atoms with Crippen LogP contribution in [0, 0.1) is 13.8 Å². The van der Waals surface area contributed by atoms with Gasteiger partial charge in [0.1, 0.15) is 11.5 Å². The van der Waals surface area contributed by atoms with Crippen LogP contribution in [0.3, 0.4) is 0 Å². The van der Waals surface area contributed by atoms with Crippen LogP contribution in [0.15, 0.2) is 51.1 Å². The van der Waals surface area contributed by atoms with Gasteiger partial charge < -0.3 is 14.3 Å². The lowest BCUT2D eigenvalue weighted by molar-refractivity contribution is -0.120. The molecular weight excluding hydrogens is 388 g/mol. The van der Waals surface area contributed by atoms with Crippen molar-refractivity contribution in [3.63, 3.8) is 0 Å². The zero-order valence-electron chi connectivity index (χ0n) is 16.8. The Morgan fingerprint density at radius 1 is 1.28 bits per heavy atom. The Morgan fingerprint density at radius 3 is 2.79 bits per heavy atom. The quantitative estimate of drug-likeness (QED) is 0.335. The standard InChI is InChI=1S/C20H24N6O2S/c1-13-7-5-6-8-17(13)21-12-18-23-25-20(26(18)4)29-15(3)19(27)24-22-11-16-10-9-14(2)28-16/h5-11,15,21H,12H2,1-4H3,(H,24,27)/b22-11+. The highest BCUT2D eigenvalue weighted by atomic mass is 32.2. The van der Waals surface area contributed by atoms with Crippen LogP contribution in [0.5, 0.6) is 0 Å². The number of rotatable bonds is 8. The predicted molar refractivity (Wildman–Crippen MR) is 114 cm³/mol. The molecule has 2 heterocycles. The Morgan fingerprint density at radius 2 is 2.07 bits per heavy atom. The number of amides is 1. The summed E-state index contributed by atoms with van der Waals surface area (Å²) in [6, 6.07) is 11.7. The van der Waals surface area contributed by atoms with Crippen molar-refractivity contribution in [2.24, 2.45) is 12.1 Å². The van der Waals surface area contributed by atoms with Gasteiger partial charge in [0.25, 0.3) is 5.91 Å². The average molecular weight is 413 g/mol. The molecule has 0 fully saturated rings. The smallest absolute Gasteiger partial charge is 0.253 e. The van der Waals surface area contributed by atoms with Gasteiger partial charge in [0.2, 0.25) is 0 Å². The number of nitrogens with one attached hydrogen (secondary N) is 2. The van der Waals surface area contributed by atoms with E-state index in [1.165, 1.54) is 23.5 Å². The molecule has 9 heteroatoms. The normalized spacial score (nSPS) is 12.3. The molecule has 8 nitrogen and oxygen atoms in total. The van der Waals surface area contributed by atoms with Gasteiger partial charge in [-0.3, -0.25) is 4.79 Å². The molecule has 29 heavy (non-hydrogen) atoms. The average Bonchev–Trinajstić information content (AvgIpc) is 3.27. The number of nitrogens with zero attached hydrogens (tertiary/aromatic N) is 4. The van der Waals surface area contributed by atoms with Crippen molar-refractivity contribution in [2.75, 3.05) is 5.32 Å².